The molecule has 1 rings (SSSR count). The normalized spacial score (nSPS) is 11.8. The predicted molar refractivity (Wildman–Crippen MR) is 66.1 cm³/mol. The molecule has 0 aliphatic carbocycles. The van der Waals surface area contributed by atoms with Gasteiger partial charge in [-0.25, -0.2) is 9.59 Å². The number of aliphatic carboxylic acids is 1. The van der Waals surface area contributed by atoms with Crippen LogP contribution in [0.3, 0.4) is 0 Å². The smallest absolute Gasteiger partial charge is 0.333 e. The van der Waals surface area contributed by atoms with Gasteiger partial charge < -0.3 is 15.2 Å². The summed E-state index contributed by atoms with van der Waals surface area (Å²) < 4.78 is 4.60. The summed E-state index contributed by atoms with van der Waals surface area (Å²) in [5.41, 5.74) is 0.548. The Labute approximate surface area is 109 Å². The van der Waals surface area contributed by atoms with Gasteiger partial charge in [0.1, 0.15) is 0 Å². The summed E-state index contributed by atoms with van der Waals surface area (Å²) in [7, 11) is 1.21. The van der Waals surface area contributed by atoms with Gasteiger partial charge in [-0.1, -0.05) is 30.3 Å². The summed E-state index contributed by atoms with van der Waals surface area (Å²) in [6, 6.07) is 7.53. The maximum atomic E-state index is 11.6. The zero-order chi connectivity index (χ0) is 14.3. The number of carbonyl (C=O) groups is 3. The molecule has 0 saturated carbocycles. The van der Waals surface area contributed by atoms with Gasteiger partial charge in [-0.05, 0) is 5.56 Å². The third kappa shape index (κ3) is 4.63. The third-order valence-corrected chi connectivity index (χ3v) is 2.23. The summed E-state index contributed by atoms with van der Waals surface area (Å²) in [4.78, 5) is 33.4. The van der Waals surface area contributed by atoms with Gasteiger partial charge in [0.05, 0.1) is 7.11 Å². The second-order valence-corrected chi connectivity index (χ2v) is 3.55. The Morgan fingerprint density at radius 2 is 1.84 bits per heavy atom. The molecule has 0 spiro atoms. The largest absolute Gasteiger partial charge is 0.478 e. The summed E-state index contributed by atoms with van der Waals surface area (Å²) >= 11 is 0. The highest BCUT2D eigenvalue weighted by Gasteiger charge is 2.22. The summed E-state index contributed by atoms with van der Waals surface area (Å²) in [6.45, 7) is 0. The van der Waals surface area contributed by atoms with E-state index in [1.165, 1.54) is 7.11 Å². The Morgan fingerprint density at radius 3 is 2.37 bits per heavy atom. The maximum absolute atomic E-state index is 11.6. The van der Waals surface area contributed by atoms with Crippen LogP contribution in [0.15, 0.2) is 42.5 Å². The SMILES string of the molecule is COC(=O)[C@@H](NC(=O)/C=C\C(=O)O)c1ccccc1. The summed E-state index contributed by atoms with van der Waals surface area (Å²) in [5, 5.41) is 10.8. The molecular formula is C13H13NO5. The van der Waals surface area contributed by atoms with Crippen molar-refractivity contribution >= 4 is 17.8 Å². The predicted octanol–water partition coefficient (Wildman–Crippen LogP) is 0.658. The van der Waals surface area contributed by atoms with Crippen LogP contribution in [0.25, 0.3) is 0 Å². The van der Waals surface area contributed by atoms with Crippen molar-refractivity contribution in [1.29, 1.82) is 0 Å². The number of amides is 1. The molecule has 1 atom stereocenters. The van der Waals surface area contributed by atoms with Crippen molar-refractivity contribution in [3.05, 3.63) is 48.0 Å². The molecule has 0 saturated heterocycles. The quantitative estimate of drug-likeness (QED) is 0.601. The van der Waals surface area contributed by atoms with Crippen LogP contribution < -0.4 is 5.32 Å². The first-order chi connectivity index (χ1) is 9.04. The van der Waals surface area contributed by atoms with Crippen molar-refractivity contribution in [2.75, 3.05) is 7.11 Å². The van der Waals surface area contributed by atoms with Crippen LogP contribution in [0, 0.1) is 0 Å². The van der Waals surface area contributed by atoms with Crippen LogP contribution in [0.4, 0.5) is 0 Å². The van der Waals surface area contributed by atoms with Crippen molar-refractivity contribution in [3.8, 4) is 0 Å². The minimum Gasteiger partial charge on any atom is -0.478 e. The fraction of sp³-hybridized carbons (Fsp3) is 0.154. The molecule has 6 nitrogen and oxygen atoms in total. The number of rotatable bonds is 5. The molecule has 1 aromatic rings. The highest BCUT2D eigenvalue weighted by molar-refractivity contribution is 5.96. The molecule has 2 N–H and O–H groups in total. The lowest BCUT2D eigenvalue weighted by atomic mass is 10.1. The number of methoxy groups -OCH3 is 1. The molecule has 0 aliphatic rings. The minimum absolute atomic E-state index is 0.548. The van der Waals surface area contributed by atoms with Crippen molar-refractivity contribution in [2.45, 2.75) is 6.04 Å². The zero-order valence-corrected chi connectivity index (χ0v) is 10.2. The number of hydrogen-bond donors (Lipinski definition) is 2. The fourth-order valence-corrected chi connectivity index (χ4v) is 1.38. The number of ether oxygens (including phenoxy) is 1. The third-order valence-electron chi connectivity index (χ3n) is 2.23. The van der Waals surface area contributed by atoms with Crippen molar-refractivity contribution in [2.24, 2.45) is 0 Å². The second-order valence-electron chi connectivity index (χ2n) is 3.55. The number of carboxylic acids is 1. The first-order valence-corrected chi connectivity index (χ1v) is 5.39. The fourth-order valence-electron chi connectivity index (χ4n) is 1.38. The number of esters is 1. The van der Waals surface area contributed by atoms with E-state index in [9.17, 15) is 14.4 Å². The van der Waals surface area contributed by atoms with Crippen LogP contribution in [0.1, 0.15) is 11.6 Å². The number of hydrogen-bond acceptors (Lipinski definition) is 4. The van der Waals surface area contributed by atoms with E-state index in [1.54, 1.807) is 30.3 Å². The van der Waals surface area contributed by atoms with Gasteiger partial charge in [-0.3, -0.25) is 4.79 Å². The molecule has 6 heteroatoms. The molecule has 0 fully saturated rings. The Kier molecular flexibility index (Phi) is 5.28. The van der Waals surface area contributed by atoms with Crippen LogP contribution in [-0.2, 0) is 19.1 Å². The van der Waals surface area contributed by atoms with Crippen molar-refractivity contribution in [1.82, 2.24) is 5.32 Å². The van der Waals surface area contributed by atoms with Crippen LogP contribution in [0.2, 0.25) is 0 Å². The van der Waals surface area contributed by atoms with E-state index >= 15 is 0 Å². The number of carboxylic acid groups (broad SMARTS) is 1. The number of benzene rings is 1. The first-order valence-electron chi connectivity index (χ1n) is 5.39. The minimum atomic E-state index is -1.25. The van der Waals surface area contributed by atoms with Gasteiger partial charge in [0, 0.05) is 12.2 Å². The Bertz CT molecular complexity index is 495. The molecule has 1 amide bonds. The molecule has 0 bridgehead atoms. The maximum Gasteiger partial charge on any atom is 0.333 e. The van der Waals surface area contributed by atoms with Gasteiger partial charge >= 0.3 is 11.9 Å². The van der Waals surface area contributed by atoms with Crippen LogP contribution in [-0.4, -0.2) is 30.1 Å². The summed E-state index contributed by atoms with van der Waals surface area (Å²) in [6.07, 6.45) is 1.52. The van der Waals surface area contributed by atoms with Crippen molar-refractivity contribution in [3.63, 3.8) is 0 Å². The van der Waals surface area contributed by atoms with E-state index in [4.69, 9.17) is 5.11 Å². The lowest BCUT2D eigenvalue weighted by Gasteiger charge is -2.15. The average Bonchev–Trinajstić information content (AvgIpc) is 2.42. The second kappa shape index (κ2) is 6.95. The zero-order valence-electron chi connectivity index (χ0n) is 10.2. The lowest BCUT2D eigenvalue weighted by molar-refractivity contribution is -0.144. The highest BCUT2D eigenvalue weighted by atomic mass is 16.5. The Hall–Kier alpha value is -2.63. The lowest BCUT2D eigenvalue weighted by Crippen LogP contribution is -2.33. The monoisotopic (exact) mass is 263 g/mol. The van der Waals surface area contributed by atoms with E-state index in [2.05, 4.69) is 10.1 Å². The van der Waals surface area contributed by atoms with E-state index in [0.29, 0.717) is 11.6 Å². The van der Waals surface area contributed by atoms with Gasteiger partial charge in [0.2, 0.25) is 5.91 Å². The standard InChI is InChI=1S/C13H13NO5/c1-19-13(18)12(9-5-3-2-4-6-9)14-10(15)7-8-11(16)17/h2-8,12H,1H3,(H,14,15)(H,16,17)/b8-7-/t12-/m0/s1. The molecular weight excluding hydrogens is 250 g/mol. The van der Waals surface area contributed by atoms with Crippen molar-refractivity contribution < 1.29 is 24.2 Å². The molecule has 0 heterocycles. The van der Waals surface area contributed by atoms with E-state index < -0.39 is 23.9 Å². The van der Waals surface area contributed by atoms with Gasteiger partial charge in [-0.15, -0.1) is 0 Å². The van der Waals surface area contributed by atoms with Crippen LogP contribution >= 0.6 is 0 Å². The molecule has 1 aromatic carbocycles. The molecule has 100 valence electrons. The van der Waals surface area contributed by atoms with Gasteiger partial charge in [0.15, 0.2) is 6.04 Å². The Balaban J connectivity index is 2.85. The molecule has 0 unspecified atom stereocenters. The topological polar surface area (TPSA) is 92.7 Å². The number of carbonyl (C=O) groups excluding carboxylic acids is 2. The molecule has 0 aliphatic heterocycles. The number of nitrogens with one attached hydrogen (secondary N) is 1. The average molecular weight is 263 g/mol. The van der Waals surface area contributed by atoms with E-state index in [1.807, 2.05) is 0 Å². The highest BCUT2D eigenvalue weighted by Crippen LogP contribution is 2.13. The van der Waals surface area contributed by atoms with Gasteiger partial charge in [-0.2, -0.15) is 0 Å². The molecule has 19 heavy (non-hydrogen) atoms. The van der Waals surface area contributed by atoms with Gasteiger partial charge in [0.25, 0.3) is 0 Å². The van der Waals surface area contributed by atoms with Crippen LogP contribution in [0.5, 0.6) is 0 Å². The summed E-state index contributed by atoms with van der Waals surface area (Å²) in [5.74, 6) is -2.57. The Morgan fingerprint density at radius 1 is 1.21 bits per heavy atom. The molecule has 0 radical (unpaired) electrons. The van der Waals surface area contributed by atoms with E-state index in [-0.39, 0.29) is 0 Å². The van der Waals surface area contributed by atoms with E-state index in [0.717, 1.165) is 6.08 Å². The molecule has 0 aromatic heterocycles. The first kappa shape index (κ1) is 14.4.